The molecule has 0 radical (unpaired) electrons. The van der Waals surface area contributed by atoms with Crippen molar-refractivity contribution in [2.75, 3.05) is 5.73 Å². The summed E-state index contributed by atoms with van der Waals surface area (Å²) in [4.78, 5) is 0.459. The van der Waals surface area contributed by atoms with Gasteiger partial charge in [0.25, 0.3) is 0 Å². The van der Waals surface area contributed by atoms with Crippen LogP contribution in [0.4, 0.5) is 5.69 Å². The third kappa shape index (κ3) is 3.06. The molecular formula is C12H19NO2S. The SMILES string of the molecule is CCCc1cc(S(=O)O)cc(CCC)c1N. The Labute approximate surface area is 99.3 Å². The second-order valence-electron chi connectivity index (χ2n) is 3.90. The maximum atomic E-state index is 11.1. The molecule has 0 saturated heterocycles. The Hall–Kier alpha value is -0.870. The third-order valence-corrected chi connectivity index (χ3v) is 3.20. The van der Waals surface area contributed by atoms with Crippen molar-refractivity contribution in [1.82, 2.24) is 0 Å². The average Bonchev–Trinajstić information content (AvgIpc) is 2.24. The second-order valence-corrected chi connectivity index (χ2v) is 4.87. The van der Waals surface area contributed by atoms with Gasteiger partial charge in [0.1, 0.15) is 0 Å². The summed E-state index contributed by atoms with van der Waals surface area (Å²) in [5.41, 5.74) is 8.82. The van der Waals surface area contributed by atoms with E-state index in [-0.39, 0.29) is 0 Å². The Balaban J connectivity index is 3.21. The molecule has 1 aromatic rings. The highest BCUT2D eigenvalue weighted by atomic mass is 32.2. The molecule has 3 N–H and O–H groups in total. The van der Waals surface area contributed by atoms with Crippen LogP contribution in [0.15, 0.2) is 17.0 Å². The Morgan fingerprint density at radius 2 is 1.62 bits per heavy atom. The van der Waals surface area contributed by atoms with Crippen LogP contribution in [0.2, 0.25) is 0 Å². The highest BCUT2D eigenvalue weighted by Gasteiger charge is 2.10. The van der Waals surface area contributed by atoms with Crippen LogP contribution in [-0.4, -0.2) is 8.76 Å². The first-order valence-corrected chi connectivity index (χ1v) is 6.72. The molecule has 16 heavy (non-hydrogen) atoms. The second kappa shape index (κ2) is 6.01. The van der Waals surface area contributed by atoms with Gasteiger partial charge in [0.2, 0.25) is 0 Å². The molecule has 0 fully saturated rings. The molecule has 0 aromatic heterocycles. The number of rotatable bonds is 5. The first kappa shape index (κ1) is 13.2. The van der Waals surface area contributed by atoms with Crippen molar-refractivity contribution in [1.29, 1.82) is 0 Å². The molecule has 0 amide bonds. The molecule has 1 rings (SSSR count). The minimum Gasteiger partial charge on any atom is -0.398 e. The molecule has 1 unspecified atom stereocenters. The maximum absolute atomic E-state index is 11.1. The standard InChI is InChI=1S/C12H19NO2S/c1-3-5-9-7-11(16(14)15)8-10(6-4-2)12(9)13/h7-8H,3-6,13H2,1-2H3,(H,14,15). The molecule has 90 valence electrons. The first-order chi connectivity index (χ1) is 7.60. The third-order valence-electron chi connectivity index (χ3n) is 2.57. The summed E-state index contributed by atoms with van der Waals surface area (Å²) in [6, 6.07) is 3.49. The van der Waals surface area contributed by atoms with Crippen LogP contribution in [0.1, 0.15) is 37.8 Å². The molecule has 0 spiro atoms. The van der Waals surface area contributed by atoms with E-state index in [2.05, 4.69) is 13.8 Å². The summed E-state index contributed by atoms with van der Waals surface area (Å²) in [6.45, 7) is 4.14. The van der Waals surface area contributed by atoms with Gasteiger partial charge < -0.3 is 10.3 Å². The van der Waals surface area contributed by atoms with Gasteiger partial charge in [0.15, 0.2) is 11.1 Å². The Kier molecular flexibility index (Phi) is 4.96. The van der Waals surface area contributed by atoms with Crippen LogP contribution >= 0.6 is 0 Å². The zero-order chi connectivity index (χ0) is 12.1. The van der Waals surface area contributed by atoms with Gasteiger partial charge in [-0.2, -0.15) is 0 Å². The van der Waals surface area contributed by atoms with Crippen molar-refractivity contribution in [3.8, 4) is 0 Å². The normalized spacial score (nSPS) is 12.7. The minimum absolute atomic E-state index is 0.459. The van der Waals surface area contributed by atoms with E-state index in [0.717, 1.165) is 42.5 Å². The van der Waals surface area contributed by atoms with Crippen LogP contribution in [-0.2, 0) is 23.9 Å². The fourth-order valence-electron chi connectivity index (χ4n) is 1.80. The molecule has 1 aromatic carbocycles. The molecule has 3 nitrogen and oxygen atoms in total. The highest BCUT2D eigenvalue weighted by Crippen LogP contribution is 2.24. The number of hydrogen-bond donors (Lipinski definition) is 2. The zero-order valence-corrected chi connectivity index (χ0v) is 10.6. The number of benzene rings is 1. The minimum atomic E-state index is -1.92. The fourth-order valence-corrected chi connectivity index (χ4v) is 2.29. The topological polar surface area (TPSA) is 63.3 Å². The van der Waals surface area contributed by atoms with Crippen molar-refractivity contribution in [2.45, 2.75) is 44.4 Å². The number of nitrogens with two attached hydrogens (primary N) is 1. The molecule has 0 aliphatic carbocycles. The number of anilines is 1. The maximum Gasteiger partial charge on any atom is 0.186 e. The van der Waals surface area contributed by atoms with Crippen molar-refractivity contribution in [3.05, 3.63) is 23.3 Å². The van der Waals surface area contributed by atoms with Crippen molar-refractivity contribution < 1.29 is 8.76 Å². The molecule has 0 aliphatic rings. The number of aryl methyl sites for hydroxylation is 2. The lowest BCUT2D eigenvalue weighted by atomic mass is 10.0. The monoisotopic (exact) mass is 241 g/mol. The van der Waals surface area contributed by atoms with Gasteiger partial charge in [0.05, 0.1) is 4.90 Å². The zero-order valence-electron chi connectivity index (χ0n) is 9.82. The van der Waals surface area contributed by atoms with Gasteiger partial charge in [0, 0.05) is 5.69 Å². The smallest absolute Gasteiger partial charge is 0.186 e. The van der Waals surface area contributed by atoms with Crippen molar-refractivity contribution in [3.63, 3.8) is 0 Å². The van der Waals surface area contributed by atoms with Crippen LogP contribution < -0.4 is 5.73 Å². The van der Waals surface area contributed by atoms with Crippen molar-refractivity contribution in [2.24, 2.45) is 0 Å². The molecule has 1 atom stereocenters. The van der Waals surface area contributed by atoms with Crippen LogP contribution in [0, 0.1) is 0 Å². The quantitative estimate of drug-likeness (QED) is 0.615. The fraction of sp³-hybridized carbons (Fsp3) is 0.500. The lowest BCUT2D eigenvalue weighted by Crippen LogP contribution is -2.03. The summed E-state index contributed by atoms with van der Waals surface area (Å²) in [5, 5.41) is 0. The lowest BCUT2D eigenvalue weighted by molar-refractivity contribution is 0.564. The van der Waals surface area contributed by atoms with Crippen LogP contribution in [0.5, 0.6) is 0 Å². The van der Waals surface area contributed by atoms with E-state index in [1.54, 1.807) is 12.1 Å². The molecule has 0 bridgehead atoms. The Morgan fingerprint density at radius 3 is 1.94 bits per heavy atom. The van der Waals surface area contributed by atoms with E-state index in [9.17, 15) is 4.21 Å². The Morgan fingerprint density at radius 1 is 1.19 bits per heavy atom. The largest absolute Gasteiger partial charge is 0.398 e. The molecule has 0 saturated carbocycles. The van der Waals surface area contributed by atoms with Crippen molar-refractivity contribution >= 4 is 16.8 Å². The number of hydrogen-bond acceptors (Lipinski definition) is 2. The van der Waals surface area contributed by atoms with Gasteiger partial charge in [-0.05, 0) is 36.1 Å². The Bertz CT molecular complexity index is 364. The van der Waals surface area contributed by atoms with Gasteiger partial charge >= 0.3 is 0 Å². The number of nitrogen functional groups attached to an aromatic ring is 1. The van der Waals surface area contributed by atoms with Gasteiger partial charge in [-0.25, -0.2) is 4.21 Å². The van der Waals surface area contributed by atoms with E-state index < -0.39 is 11.1 Å². The molecule has 4 heteroatoms. The molecule has 0 aliphatic heterocycles. The lowest BCUT2D eigenvalue weighted by Gasteiger charge is -2.11. The van der Waals surface area contributed by atoms with Gasteiger partial charge in [-0.3, -0.25) is 0 Å². The predicted molar refractivity (Wildman–Crippen MR) is 67.9 cm³/mol. The summed E-state index contributed by atoms with van der Waals surface area (Å²) in [6.07, 6.45) is 3.68. The highest BCUT2D eigenvalue weighted by molar-refractivity contribution is 7.79. The van der Waals surface area contributed by atoms with Crippen LogP contribution in [0.3, 0.4) is 0 Å². The van der Waals surface area contributed by atoms with E-state index >= 15 is 0 Å². The molecular weight excluding hydrogens is 222 g/mol. The van der Waals surface area contributed by atoms with E-state index in [1.807, 2.05) is 0 Å². The first-order valence-electron chi connectivity index (χ1n) is 5.62. The van der Waals surface area contributed by atoms with E-state index in [1.165, 1.54) is 0 Å². The summed E-state index contributed by atoms with van der Waals surface area (Å²) in [7, 11) is 0. The summed E-state index contributed by atoms with van der Waals surface area (Å²) < 4.78 is 20.2. The van der Waals surface area contributed by atoms with Gasteiger partial charge in [-0.15, -0.1) is 0 Å². The van der Waals surface area contributed by atoms with E-state index in [0.29, 0.717) is 4.90 Å². The summed E-state index contributed by atoms with van der Waals surface area (Å²) >= 11 is -1.92. The van der Waals surface area contributed by atoms with E-state index in [4.69, 9.17) is 10.3 Å². The van der Waals surface area contributed by atoms with Crippen LogP contribution in [0.25, 0.3) is 0 Å². The average molecular weight is 241 g/mol. The van der Waals surface area contributed by atoms with Gasteiger partial charge in [-0.1, -0.05) is 26.7 Å². The summed E-state index contributed by atoms with van der Waals surface area (Å²) in [5.74, 6) is 0. The predicted octanol–water partition coefficient (Wildman–Crippen LogP) is 2.75. The molecule has 0 heterocycles.